The van der Waals surface area contributed by atoms with Crippen molar-refractivity contribution >= 4 is 5.91 Å². The molecule has 82 valence electrons. The fourth-order valence-corrected chi connectivity index (χ4v) is 1.11. The molecule has 0 saturated carbocycles. The zero-order chi connectivity index (χ0) is 11.3. The van der Waals surface area contributed by atoms with Gasteiger partial charge >= 0.3 is 0 Å². The summed E-state index contributed by atoms with van der Waals surface area (Å²) in [6.45, 7) is 5.01. The van der Waals surface area contributed by atoms with Crippen LogP contribution in [0.5, 0.6) is 0 Å². The summed E-state index contributed by atoms with van der Waals surface area (Å²) in [5, 5.41) is 2.80. The van der Waals surface area contributed by atoms with E-state index in [1.54, 1.807) is 6.07 Å². The van der Waals surface area contributed by atoms with Crippen LogP contribution in [0, 0.1) is 12.8 Å². The van der Waals surface area contributed by atoms with Gasteiger partial charge in [-0.1, -0.05) is 13.0 Å². The maximum atomic E-state index is 11.6. The van der Waals surface area contributed by atoms with E-state index in [-0.39, 0.29) is 5.91 Å². The fraction of sp³-hybridized carbons (Fsp3) is 0.455. The average Bonchev–Trinajstić information content (AvgIpc) is 2.25. The van der Waals surface area contributed by atoms with E-state index in [4.69, 9.17) is 5.73 Å². The van der Waals surface area contributed by atoms with Crippen molar-refractivity contribution in [1.82, 2.24) is 10.3 Å². The van der Waals surface area contributed by atoms with Crippen LogP contribution in [-0.4, -0.2) is 24.0 Å². The molecule has 1 amide bonds. The van der Waals surface area contributed by atoms with Gasteiger partial charge in [0, 0.05) is 12.2 Å². The Morgan fingerprint density at radius 1 is 1.60 bits per heavy atom. The molecule has 1 rings (SSSR count). The van der Waals surface area contributed by atoms with Crippen LogP contribution in [-0.2, 0) is 0 Å². The van der Waals surface area contributed by atoms with Crippen molar-refractivity contribution in [3.05, 3.63) is 29.6 Å². The average molecular weight is 207 g/mol. The van der Waals surface area contributed by atoms with Gasteiger partial charge in [0.15, 0.2) is 0 Å². The Labute approximate surface area is 89.9 Å². The number of hydrogen-bond acceptors (Lipinski definition) is 3. The van der Waals surface area contributed by atoms with Crippen LogP contribution in [0.15, 0.2) is 18.2 Å². The molecule has 0 spiro atoms. The first-order chi connectivity index (χ1) is 7.13. The molecular weight excluding hydrogens is 190 g/mol. The molecule has 1 unspecified atom stereocenters. The van der Waals surface area contributed by atoms with Gasteiger partial charge in [0.25, 0.3) is 5.91 Å². The van der Waals surface area contributed by atoms with E-state index in [2.05, 4.69) is 10.3 Å². The van der Waals surface area contributed by atoms with Crippen LogP contribution in [0.1, 0.15) is 23.1 Å². The molecule has 0 aliphatic carbocycles. The molecule has 0 aromatic carbocycles. The van der Waals surface area contributed by atoms with Gasteiger partial charge in [-0.05, 0) is 31.5 Å². The Morgan fingerprint density at radius 3 is 2.93 bits per heavy atom. The Balaban J connectivity index is 2.54. The number of carbonyl (C=O) groups is 1. The summed E-state index contributed by atoms with van der Waals surface area (Å²) in [6, 6.07) is 5.39. The minimum atomic E-state index is -0.140. The number of nitrogens with two attached hydrogens (primary N) is 1. The summed E-state index contributed by atoms with van der Waals surface area (Å²) in [6.07, 6.45) is 0. The number of aryl methyl sites for hydroxylation is 1. The van der Waals surface area contributed by atoms with E-state index in [1.165, 1.54) is 0 Å². The third-order valence-corrected chi connectivity index (χ3v) is 2.13. The highest BCUT2D eigenvalue weighted by Gasteiger charge is 2.07. The second kappa shape index (κ2) is 5.46. The number of aromatic nitrogens is 1. The number of carbonyl (C=O) groups excluding carboxylic acids is 1. The fourth-order valence-electron chi connectivity index (χ4n) is 1.11. The minimum Gasteiger partial charge on any atom is -0.350 e. The first kappa shape index (κ1) is 11.7. The predicted octanol–water partition coefficient (Wildman–Crippen LogP) is 0.715. The normalized spacial score (nSPS) is 12.2. The van der Waals surface area contributed by atoms with E-state index < -0.39 is 0 Å². The standard InChI is InChI=1S/C11H17N3O/c1-8(6-12)7-13-11(15)10-5-3-4-9(2)14-10/h3-5,8H,6-7,12H2,1-2H3,(H,13,15). The molecule has 0 aliphatic heterocycles. The number of amides is 1. The molecule has 15 heavy (non-hydrogen) atoms. The van der Waals surface area contributed by atoms with Gasteiger partial charge in [0.1, 0.15) is 5.69 Å². The predicted molar refractivity (Wildman–Crippen MR) is 59.5 cm³/mol. The van der Waals surface area contributed by atoms with Crippen LogP contribution >= 0.6 is 0 Å². The van der Waals surface area contributed by atoms with Gasteiger partial charge in [-0.3, -0.25) is 4.79 Å². The first-order valence-electron chi connectivity index (χ1n) is 5.05. The SMILES string of the molecule is Cc1cccc(C(=O)NCC(C)CN)n1. The van der Waals surface area contributed by atoms with Crippen LogP contribution in [0.25, 0.3) is 0 Å². The third-order valence-electron chi connectivity index (χ3n) is 2.13. The lowest BCUT2D eigenvalue weighted by Crippen LogP contribution is -2.31. The molecule has 4 heteroatoms. The second-order valence-corrected chi connectivity index (χ2v) is 3.72. The van der Waals surface area contributed by atoms with E-state index in [1.807, 2.05) is 26.0 Å². The zero-order valence-corrected chi connectivity index (χ0v) is 9.16. The lowest BCUT2D eigenvalue weighted by Gasteiger charge is -2.09. The monoisotopic (exact) mass is 207 g/mol. The molecule has 3 N–H and O–H groups in total. The van der Waals surface area contributed by atoms with E-state index in [9.17, 15) is 4.79 Å². The largest absolute Gasteiger partial charge is 0.350 e. The topological polar surface area (TPSA) is 68.0 Å². The lowest BCUT2D eigenvalue weighted by atomic mass is 10.2. The molecule has 0 fully saturated rings. The number of nitrogens with one attached hydrogen (secondary N) is 1. The molecule has 0 saturated heterocycles. The maximum absolute atomic E-state index is 11.6. The Bertz CT molecular complexity index is 338. The number of rotatable bonds is 4. The van der Waals surface area contributed by atoms with Gasteiger partial charge < -0.3 is 11.1 Å². The molecule has 4 nitrogen and oxygen atoms in total. The van der Waals surface area contributed by atoms with Crippen molar-refractivity contribution in [2.24, 2.45) is 11.7 Å². The molecule has 0 aliphatic rings. The quantitative estimate of drug-likeness (QED) is 0.764. The van der Waals surface area contributed by atoms with Gasteiger partial charge in [-0.2, -0.15) is 0 Å². The molecule has 0 bridgehead atoms. The summed E-state index contributed by atoms with van der Waals surface area (Å²) in [4.78, 5) is 15.7. The summed E-state index contributed by atoms with van der Waals surface area (Å²) in [5.41, 5.74) is 6.75. The number of hydrogen-bond donors (Lipinski definition) is 2. The van der Waals surface area contributed by atoms with Crippen molar-refractivity contribution in [3.8, 4) is 0 Å². The van der Waals surface area contributed by atoms with E-state index >= 15 is 0 Å². The zero-order valence-electron chi connectivity index (χ0n) is 9.16. The van der Waals surface area contributed by atoms with E-state index in [0.29, 0.717) is 24.7 Å². The molecule has 1 atom stereocenters. The molecule has 1 aromatic heterocycles. The first-order valence-corrected chi connectivity index (χ1v) is 5.05. The van der Waals surface area contributed by atoms with Crippen molar-refractivity contribution in [1.29, 1.82) is 0 Å². The molecular formula is C11H17N3O. The van der Waals surface area contributed by atoms with Crippen LogP contribution in [0.2, 0.25) is 0 Å². The molecule has 1 heterocycles. The second-order valence-electron chi connectivity index (χ2n) is 3.72. The Morgan fingerprint density at radius 2 is 2.33 bits per heavy atom. The van der Waals surface area contributed by atoms with Crippen molar-refractivity contribution in [2.75, 3.05) is 13.1 Å². The van der Waals surface area contributed by atoms with Crippen LogP contribution in [0.4, 0.5) is 0 Å². The third kappa shape index (κ3) is 3.67. The highest BCUT2D eigenvalue weighted by atomic mass is 16.1. The minimum absolute atomic E-state index is 0.140. The Hall–Kier alpha value is -1.42. The lowest BCUT2D eigenvalue weighted by molar-refractivity contribution is 0.0943. The van der Waals surface area contributed by atoms with Crippen molar-refractivity contribution < 1.29 is 4.79 Å². The number of pyridine rings is 1. The number of nitrogens with zero attached hydrogens (tertiary/aromatic N) is 1. The van der Waals surface area contributed by atoms with Gasteiger partial charge in [-0.15, -0.1) is 0 Å². The van der Waals surface area contributed by atoms with Crippen LogP contribution < -0.4 is 11.1 Å². The smallest absolute Gasteiger partial charge is 0.269 e. The van der Waals surface area contributed by atoms with E-state index in [0.717, 1.165) is 5.69 Å². The Kier molecular flexibility index (Phi) is 4.24. The summed E-state index contributed by atoms with van der Waals surface area (Å²) in [5.74, 6) is 0.151. The maximum Gasteiger partial charge on any atom is 0.269 e. The summed E-state index contributed by atoms with van der Waals surface area (Å²) >= 11 is 0. The van der Waals surface area contributed by atoms with Gasteiger partial charge in [0.05, 0.1) is 0 Å². The van der Waals surface area contributed by atoms with Crippen molar-refractivity contribution in [3.63, 3.8) is 0 Å². The highest BCUT2D eigenvalue weighted by Crippen LogP contribution is 1.98. The van der Waals surface area contributed by atoms with Crippen molar-refractivity contribution in [2.45, 2.75) is 13.8 Å². The highest BCUT2D eigenvalue weighted by molar-refractivity contribution is 5.92. The van der Waals surface area contributed by atoms with Gasteiger partial charge in [-0.25, -0.2) is 4.98 Å². The van der Waals surface area contributed by atoms with Crippen LogP contribution in [0.3, 0.4) is 0 Å². The summed E-state index contributed by atoms with van der Waals surface area (Å²) in [7, 11) is 0. The molecule has 0 radical (unpaired) electrons. The summed E-state index contributed by atoms with van der Waals surface area (Å²) < 4.78 is 0. The molecule has 1 aromatic rings. The van der Waals surface area contributed by atoms with Gasteiger partial charge in [0.2, 0.25) is 0 Å².